The SMILES string of the molecule is O=C(c1ccncc1F)N1CCCOCC1. The molecule has 0 bridgehead atoms. The van der Waals surface area contributed by atoms with Gasteiger partial charge in [-0.05, 0) is 12.5 Å². The molecule has 0 atom stereocenters. The number of rotatable bonds is 1. The summed E-state index contributed by atoms with van der Waals surface area (Å²) in [5, 5.41) is 0. The Hall–Kier alpha value is -1.49. The summed E-state index contributed by atoms with van der Waals surface area (Å²) in [7, 11) is 0. The number of aromatic nitrogens is 1. The molecule has 4 nitrogen and oxygen atoms in total. The molecule has 0 N–H and O–H groups in total. The van der Waals surface area contributed by atoms with Crippen molar-refractivity contribution in [3.63, 3.8) is 0 Å². The zero-order valence-electron chi connectivity index (χ0n) is 8.86. The van der Waals surface area contributed by atoms with Crippen LogP contribution in [0.4, 0.5) is 4.39 Å². The number of halogens is 1. The standard InChI is InChI=1S/C11H13FN2O2/c12-10-8-13-3-2-9(10)11(15)14-4-1-6-16-7-5-14/h2-3,8H,1,4-7H2. The first-order valence-corrected chi connectivity index (χ1v) is 5.25. The molecule has 5 heteroatoms. The Labute approximate surface area is 93.0 Å². The lowest BCUT2D eigenvalue weighted by Crippen LogP contribution is -2.33. The van der Waals surface area contributed by atoms with Crippen LogP contribution in [-0.2, 0) is 4.74 Å². The topological polar surface area (TPSA) is 42.4 Å². The molecule has 0 aromatic carbocycles. The van der Waals surface area contributed by atoms with E-state index in [-0.39, 0.29) is 11.5 Å². The molecular formula is C11H13FN2O2. The van der Waals surface area contributed by atoms with Crippen LogP contribution in [0.3, 0.4) is 0 Å². The maximum Gasteiger partial charge on any atom is 0.257 e. The minimum Gasteiger partial charge on any atom is -0.380 e. The fourth-order valence-corrected chi connectivity index (χ4v) is 1.67. The second kappa shape index (κ2) is 5.03. The van der Waals surface area contributed by atoms with Gasteiger partial charge in [0.15, 0.2) is 5.82 Å². The van der Waals surface area contributed by atoms with Crippen LogP contribution in [0.25, 0.3) is 0 Å². The highest BCUT2D eigenvalue weighted by Gasteiger charge is 2.20. The van der Waals surface area contributed by atoms with Crippen molar-refractivity contribution in [2.75, 3.05) is 26.3 Å². The zero-order chi connectivity index (χ0) is 11.4. The number of carbonyl (C=O) groups excluding carboxylic acids is 1. The van der Waals surface area contributed by atoms with Crippen molar-refractivity contribution in [2.24, 2.45) is 0 Å². The van der Waals surface area contributed by atoms with E-state index < -0.39 is 5.82 Å². The van der Waals surface area contributed by atoms with E-state index in [9.17, 15) is 9.18 Å². The van der Waals surface area contributed by atoms with Crippen molar-refractivity contribution in [3.8, 4) is 0 Å². The third-order valence-electron chi connectivity index (χ3n) is 2.51. The molecule has 2 heterocycles. The van der Waals surface area contributed by atoms with Gasteiger partial charge < -0.3 is 9.64 Å². The quantitative estimate of drug-likeness (QED) is 0.717. The molecule has 86 valence electrons. The molecule has 0 aliphatic carbocycles. The maximum atomic E-state index is 13.4. The third kappa shape index (κ3) is 2.36. The number of pyridine rings is 1. The molecule has 1 aliphatic heterocycles. The molecule has 1 aromatic heterocycles. The molecule has 1 aliphatic rings. The smallest absolute Gasteiger partial charge is 0.257 e. The zero-order valence-corrected chi connectivity index (χ0v) is 8.86. The normalized spacial score (nSPS) is 16.9. The summed E-state index contributed by atoms with van der Waals surface area (Å²) >= 11 is 0. The molecule has 16 heavy (non-hydrogen) atoms. The van der Waals surface area contributed by atoms with E-state index in [1.807, 2.05) is 0 Å². The Morgan fingerprint density at radius 1 is 1.44 bits per heavy atom. The molecule has 1 aromatic rings. The lowest BCUT2D eigenvalue weighted by atomic mass is 10.2. The first-order chi connectivity index (χ1) is 7.79. The maximum absolute atomic E-state index is 13.4. The van der Waals surface area contributed by atoms with E-state index in [4.69, 9.17) is 4.74 Å². The van der Waals surface area contributed by atoms with Gasteiger partial charge in [-0.15, -0.1) is 0 Å². The molecule has 0 radical (unpaired) electrons. The monoisotopic (exact) mass is 224 g/mol. The van der Waals surface area contributed by atoms with Gasteiger partial charge in [0.2, 0.25) is 0 Å². The molecule has 0 unspecified atom stereocenters. The van der Waals surface area contributed by atoms with Gasteiger partial charge in [0, 0.05) is 25.9 Å². The van der Waals surface area contributed by atoms with Gasteiger partial charge in [-0.2, -0.15) is 0 Å². The van der Waals surface area contributed by atoms with Crippen molar-refractivity contribution in [2.45, 2.75) is 6.42 Å². The molecule has 2 rings (SSSR count). The Kier molecular flexibility index (Phi) is 3.46. The lowest BCUT2D eigenvalue weighted by molar-refractivity contribution is 0.0736. The molecule has 1 saturated heterocycles. The van der Waals surface area contributed by atoms with Gasteiger partial charge >= 0.3 is 0 Å². The number of amides is 1. The van der Waals surface area contributed by atoms with Crippen molar-refractivity contribution in [1.82, 2.24) is 9.88 Å². The fourth-order valence-electron chi connectivity index (χ4n) is 1.67. The minimum absolute atomic E-state index is 0.0805. The number of hydrogen-bond acceptors (Lipinski definition) is 3. The fraction of sp³-hybridized carbons (Fsp3) is 0.455. The summed E-state index contributed by atoms with van der Waals surface area (Å²) in [4.78, 5) is 17.2. The number of nitrogens with zero attached hydrogens (tertiary/aromatic N) is 2. The van der Waals surface area contributed by atoms with Gasteiger partial charge in [0.1, 0.15) is 0 Å². The summed E-state index contributed by atoms with van der Waals surface area (Å²) in [6.45, 7) is 2.29. The Balaban J connectivity index is 2.14. The van der Waals surface area contributed by atoms with E-state index in [0.717, 1.165) is 12.6 Å². The van der Waals surface area contributed by atoms with Gasteiger partial charge in [0.05, 0.1) is 18.4 Å². The average Bonchev–Trinajstić information content (AvgIpc) is 2.57. The van der Waals surface area contributed by atoms with Crippen LogP contribution < -0.4 is 0 Å². The highest BCUT2D eigenvalue weighted by atomic mass is 19.1. The summed E-state index contributed by atoms with van der Waals surface area (Å²) in [6.07, 6.45) is 3.27. The molecular weight excluding hydrogens is 211 g/mol. The Morgan fingerprint density at radius 3 is 3.12 bits per heavy atom. The van der Waals surface area contributed by atoms with Crippen molar-refractivity contribution in [1.29, 1.82) is 0 Å². The van der Waals surface area contributed by atoms with Crippen LogP contribution in [0.1, 0.15) is 16.8 Å². The van der Waals surface area contributed by atoms with Crippen molar-refractivity contribution >= 4 is 5.91 Å². The second-order valence-corrected chi connectivity index (χ2v) is 3.61. The third-order valence-corrected chi connectivity index (χ3v) is 2.51. The van der Waals surface area contributed by atoms with Crippen LogP contribution in [0.15, 0.2) is 18.5 Å². The van der Waals surface area contributed by atoms with Crippen molar-refractivity contribution in [3.05, 3.63) is 29.8 Å². The molecule has 0 spiro atoms. The summed E-state index contributed by atoms with van der Waals surface area (Å²) in [5.74, 6) is -0.858. The van der Waals surface area contributed by atoms with Crippen LogP contribution >= 0.6 is 0 Å². The second-order valence-electron chi connectivity index (χ2n) is 3.61. The van der Waals surface area contributed by atoms with Gasteiger partial charge in [-0.3, -0.25) is 9.78 Å². The van der Waals surface area contributed by atoms with E-state index in [1.165, 1.54) is 12.3 Å². The highest BCUT2D eigenvalue weighted by Crippen LogP contribution is 2.10. The summed E-state index contributed by atoms with van der Waals surface area (Å²) in [6, 6.07) is 1.41. The summed E-state index contributed by atoms with van der Waals surface area (Å²) in [5.41, 5.74) is 0.0805. The minimum atomic E-state index is -0.572. The number of ether oxygens (including phenoxy) is 1. The Morgan fingerprint density at radius 2 is 2.31 bits per heavy atom. The lowest BCUT2D eigenvalue weighted by Gasteiger charge is -2.19. The first-order valence-electron chi connectivity index (χ1n) is 5.25. The average molecular weight is 224 g/mol. The van der Waals surface area contributed by atoms with Crippen LogP contribution in [-0.4, -0.2) is 42.1 Å². The largest absolute Gasteiger partial charge is 0.380 e. The van der Waals surface area contributed by atoms with Crippen LogP contribution in [0.2, 0.25) is 0 Å². The Bertz CT molecular complexity index is 376. The van der Waals surface area contributed by atoms with E-state index >= 15 is 0 Å². The molecule has 0 saturated carbocycles. The van der Waals surface area contributed by atoms with Gasteiger partial charge in [-0.1, -0.05) is 0 Å². The van der Waals surface area contributed by atoms with Crippen molar-refractivity contribution < 1.29 is 13.9 Å². The van der Waals surface area contributed by atoms with Gasteiger partial charge in [-0.25, -0.2) is 4.39 Å². The number of hydrogen-bond donors (Lipinski definition) is 0. The van der Waals surface area contributed by atoms with Crippen LogP contribution in [0.5, 0.6) is 0 Å². The van der Waals surface area contributed by atoms with Gasteiger partial charge in [0.25, 0.3) is 5.91 Å². The molecule has 1 fully saturated rings. The van der Waals surface area contributed by atoms with Crippen LogP contribution in [0, 0.1) is 5.82 Å². The van der Waals surface area contributed by atoms with E-state index in [1.54, 1.807) is 4.90 Å². The predicted octanol–water partition coefficient (Wildman–Crippen LogP) is 1.08. The van der Waals surface area contributed by atoms with E-state index in [0.29, 0.717) is 26.3 Å². The van der Waals surface area contributed by atoms with E-state index in [2.05, 4.69) is 4.98 Å². The molecule has 1 amide bonds. The summed E-state index contributed by atoms with van der Waals surface area (Å²) < 4.78 is 18.6. The predicted molar refractivity (Wildman–Crippen MR) is 55.5 cm³/mol. The first kappa shape index (κ1) is 11.0. The number of carbonyl (C=O) groups is 1. The highest BCUT2D eigenvalue weighted by molar-refractivity contribution is 5.94.